The second kappa shape index (κ2) is 18.7. The molecule has 34 heavy (non-hydrogen) atoms. The molecule has 7 nitrogen and oxygen atoms in total. The first-order chi connectivity index (χ1) is 16.5. The molecule has 0 bridgehead atoms. The van der Waals surface area contributed by atoms with E-state index >= 15 is 0 Å². The van der Waals surface area contributed by atoms with Crippen molar-refractivity contribution in [2.45, 2.75) is 85.0 Å². The Morgan fingerprint density at radius 3 is 1.91 bits per heavy atom. The van der Waals surface area contributed by atoms with Gasteiger partial charge in [0, 0.05) is 18.6 Å². The van der Waals surface area contributed by atoms with Crippen LogP contribution >= 0.6 is 0 Å². The van der Waals surface area contributed by atoms with Gasteiger partial charge in [-0.1, -0.05) is 52.4 Å². The highest BCUT2D eigenvalue weighted by Crippen LogP contribution is 2.41. The van der Waals surface area contributed by atoms with E-state index < -0.39 is 5.97 Å². The molecule has 0 aromatic heterocycles. The van der Waals surface area contributed by atoms with Crippen molar-refractivity contribution in [3.05, 3.63) is 23.8 Å². The molecular weight excluding hydrogens is 436 g/mol. The molecule has 192 valence electrons. The summed E-state index contributed by atoms with van der Waals surface area (Å²) in [6.45, 7) is 7.57. The summed E-state index contributed by atoms with van der Waals surface area (Å²) >= 11 is 0. The van der Waals surface area contributed by atoms with Crippen LogP contribution in [0.1, 0.15) is 90.5 Å². The lowest BCUT2D eigenvalue weighted by Gasteiger charge is -2.19. The van der Waals surface area contributed by atoms with Gasteiger partial charge < -0.3 is 24.1 Å². The van der Waals surface area contributed by atoms with Crippen LogP contribution in [0.2, 0.25) is 0 Å². The highest BCUT2D eigenvalue weighted by Gasteiger charge is 2.17. The third-order valence-electron chi connectivity index (χ3n) is 5.10. The first kappa shape index (κ1) is 29.3. The second-order valence-electron chi connectivity index (χ2n) is 8.20. The minimum absolute atomic E-state index is 0.287. The van der Waals surface area contributed by atoms with Crippen LogP contribution in [-0.4, -0.2) is 43.5 Å². The van der Waals surface area contributed by atoms with E-state index in [0.717, 1.165) is 63.9 Å². The van der Waals surface area contributed by atoms with Crippen LogP contribution in [0, 0.1) is 0 Å². The van der Waals surface area contributed by atoms with E-state index in [1.54, 1.807) is 12.1 Å². The van der Waals surface area contributed by atoms with E-state index in [9.17, 15) is 9.59 Å². The van der Waals surface area contributed by atoms with Crippen LogP contribution in [0.5, 0.6) is 17.2 Å². The third-order valence-corrected chi connectivity index (χ3v) is 5.10. The monoisotopic (exact) mass is 478 g/mol. The summed E-state index contributed by atoms with van der Waals surface area (Å²) in [5.41, 5.74) is 0.642. The van der Waals surface area contributed by atoms with Crippen molar-refractivity contribution in [3.63, 3.8) is 0 Å². The maximum Gasteiger partial charge on any atom is 0.328 e. The summed E-state index contributed by atoms with van der Waals surface area (Å²) in [6, 6.07) is 3.58. The van der Waals surface area contributed by atoms with E-state index in [4.69, 9.17) is 24.1 Å². The minimum atomic E-state index is -1.02. The van der Waals surface area contributed by atoms with Crippen molar-refractivity contribution in [3.8, 4) is 17.2 Å². The molecule has 7 heteroatoms. The molecule has 0 aliphatic heterocycles. The van der Waals surface area contributed by atoms with E-state index in [-0.39, 0.29) is 5.97 Å². The van der Waals surface area contributed by atoms with Gasteiger partial charge in [0.2, 0.25) is 5.75 Å². The number of esters is 1. The van der Waals surface area contributed by atoms with Crippen LogP contribution < -0.4 is 14.2 Å². The summed E-state index contributed by atoms with van der Waals surface area (Å²) in [6.07, 6.45) is 12.6. The maximum atomic E-state index is 11.1. The SMILES string of the molecule is CCCCCCOc1c(/C=C/C(=O)O)ccc(OCCCCOC(C)=O)c1OCCCCCC. The minimum Gasteiger partial charge on any atom is -0.490 e. The van der Waals surface area contributed by atoms with Gasteiger partial charge in [0.25, 0.3) is 0 Å². The number of carboxylic acids is 1. The van der Waals surface area contributed by atoms with Crippen LogP contribution in [-0.2, 0) is 14.3 Å². The van der Waals surface area contributed by atoms with Gasteiger partial charge in [-0.15, -0.1) is 0 Å². The summed E-state index contributed by atoms with van der Waals surface area (Å²) in [7, 11) is 0. The average molecular weight is 479 g/mol. The lowest BCUT2D eigenvalue weighted by molar-refractivity contribution is -0.141. The molecule has 0 unspecified atom stereocenters. The Bertz CT molecular complexity index is 743. The van der Waals surface area contributed by atoms with Crippen molar-refractivity contribution in [2.24, 2.45) is 0 Å². The fourth-order valence-corrected chi connectivity index (χ4v) is 3.26. The highest BCUT2D eigenvalue weighted by molar-refractivity contribution is 5.86. The van der Waals surface area contributed by atoms with Gasteiger partial charge in [-0.2, -0.15) is 0 Å². The molecule has 0 atom stereocenters. The Balaban J connectivity index is 3.00. The Labute approximate surface area is 204 Å². The number of aliphatic carboxylic acids is 1. The Hall–Kier alpha value is -2.70. The summed E-state index contributed by atoms with van der Waals surface area (Å²) in [5, 5.41) is 9.09. The highest BCUT2D eigenvalue weighted by atomic mass is 16.5. The zero-order valence-electron chi connectivity index (χ0n) is 21.1. The van der Waals surface area contributed by atoms with Gasteiger partial charge >= 0.3 is 11.9 Å². The van der Waals surface area contributed by atoms with Gasteiger partial charge in [0.15, 0.2) is 11.5 Å². The molecule has 0 aliphatic carbocycles. The molecule has 1 rings (SSSR count). The number of unbranched alkanes of at least 4 members (excludes halogenated alkanes) is 7. The Morgan fingerprint density at radius 2 is 1.32 bits per heavy atom. The molecule has 0 amide bonds. The van der Waals surface area contributed by atoms with Crippen LogP contribution in [0.4, 0.5) is 0 Å². The third kappa shape index (κ3) is 13.1. The van der Waals surface area contributed by atoms with Gasteiger partial charge in [0.05, 0.1) is 26.4 Å². The van der Waals surface area contributed by atoms with Crippen molar-refractivity contribution in [1.82, 2.24) is 0 Å². The van der Waals surface area contributed by atoms with E-state index in [0.29, 0.717) is 55.7 Å². The van der Waals surface area contributed by atoms with Crippen LogP contribution in [0.25, 0.3) is 6.08 Å². The first-order valence-electron chi connectivity index (χ1n) is 12.6. The van der Waals surface area contributed by atoms with Crippen molar-refractivity contribution >= 4 is 18.0 Å². The van der Waals surface area contributed by atoms with Crippen LogP contribution in [0.3, 0.4) is 0 Å². The predicted molar refractivity (Wildman–Crippen MR) is 134 cm³/mol. The fraction of sp³-hybridized carbons (Fsp3) is 0.630. The fourth-order valence-electron chi connectivity index (χ4n) is 3.26. The smallest absolute Gasteiger partial charge is 0.328 e. The molecule has 0 saturated heterocycles. The number of carboxylic acid groups (broad SMARTS) is 1. The van der Waals surface area contributed by atoms with Crippen molar-refractivity contribution in [2.75, 3.05) is 26.4 Å². The number of rotatable bonds is 20. The number of benzene rings is 1. The molecule has 1 aromatic rings. The van der Waals surface area contributed by atoms with Crippen molar-refractivity contribution < 1.29 is 33.6 Å². The molecule has 0 saturated carbocycles. The lowest BCUT2D eigenvalue weighted by atomic mass is 10.1. The Kier molecular flexibility index (Phi) is 16.1. The molecule has 0 radical (unpaired) electrons. The number of carbonyl (C=O) groups excluding carboxylic acids is 1. The summed E-state index contributed by atoms with van der Waals surface area (Å²) in [4.78, 5) is 22.0. The van der Waals surface area contributed by atoms with Gasteiger partial charge in [-0.3, -0.25) is 4.79 Å². The largest absolute Gasteiger partial charge is 0.490 e. The normalized spacial score (nSPS) is 10.9. The zero-order chi connectivity index (χ0) is 25.0. The van der Waals surface area contributed by atoms with E-state index in [1.165, 1.54) is 13.0 Å². The molecule has 1 aromatic carbocycles. The first-order valence-corrected chi connectivity index (χ1v) is 12.6. The molecule has 0 heterocycles. The number of ether oxygens (including phenoxy) is 4. The van der Waals surface area contributed by atoms with Gasteiger partial charge in [-0.25, -0.2) is 4.79 Å². The maximum absolute atomic E-state index is 11.1. The van der Waals surface area contributed by atoms with Gasteiger partial charge in [-0.05, 0) is 43.9 Å². The second-order valence-corrected chi connectivity index (χ2v) is 8.20. The molecule has 0 spiro atoms. The standard InChI is InChI=1S/C27H42O7/c1-4-6-8-10-20-33-26-23(15-17-25(29)30)14-16-24(27(26)34-21-11-9-7-5-2)32-19-13-12-18-31-22(3)28/h14-17H,4-13,18-21H2,1-3H3,(H,29,30)/b17-15+. The zero-order valence-corrected chi connectivity index (χ0v) is 21.1. The van der Waals surface area contributed by atoms with Crippen molar-refractivity contribution in [1.29, 1.82) is 0 Å². The van der Waals surface area contributed by atoms with E-state index in [1.807, 2.05) is 0 Å². The number of hydrogen-bond acceptors (Lipinski definition) is 6. The van der Waals surface area contributed by atoms with Gasteiger partial charge in [0.1, 0.15) is 0 Å². The van der Waals surface area contributed by atoms with E-state index in [2.05, 4.69) is 13.8 Å². The molecular formula is C27H42O7. The predicted octanol–water partition coefficient (Wildman–Crippen LogP) is 6.42. The number of hydrogen-bond donors (Lipinski definition) is 1. The molecule has 0 fully saturated rings. The Morgan fingerprint density at radius 1 is 0.765 bits per heavy atom. The topological polar surface area (TPSA) is 91.3 Å². The average Bonchev–Trinajstić information content (AvgIpc) is 2.80. The number of carbonyl (C=O) groups is 2. The van der Waals surface area contributed by atoms with Crippen LogP contribution in [0.15, 0.2) is 18.2 Å². The lowest BCUT2D eigenvalue weighted by Crippen LogP contribution is -2.08. The summed E-state index contributed by atoms with van der Waals surface area (Å²) < 4.78 is 23.2. The molecule has 1 N–H and O–H groups in total. The quantitative estimate of drug-likeness (QED) is 0.131. The molecule has 0 aliphatic rings. The summed E-state index contributed by atoms with van der Waals surface area (Å²) in [5.74, 6) is 0.287.